The highest BCUT2D eigenvalue weighted by Crippen LogP contribution is 2.21. The van der Waals surface area contributed by atoms with Crippen molar-refractivity contribution < 1.29 is 19.2 Å². The van der Waals surface area contributed by atoms with Crippen LogP contribution in [-0.2, 0) is 19.2 Å². The Morgan fingerprint density at radius 1 is 1.30 bits per heavy atom. The van der Waals surface area contributed by atoms with E-state index in [0.717, 1.165) is 6.42 Å². The van der Waals surface area contributed by atoms with E-state index in [4.69, 9.17) is 0 Å². The fraction of sp³-hybridized carbons (Fsp3) is 0.684. The second kappa shape index (κ2) is 10.7. The third-order valence-electron chi connectivity index (χ3n) is 4.79. The molecule has 0 unspecified atom stereocenters. The SMILES string of the molecule is CCNC(=O)[C@@H]1CCCN1C(=O)C(C)=C[C@H](C(C)C)N(C)C(=O)CNC=O. The first-order chi connectivity index (χ1) is 12.7. The molecule has 0 aromatic rings. The molecule has 1 rings (SSSR count). The van der Waals surface area contributed by atoms with Crippen LogP contribution in [0.5, 0.6) is 0 Å². The molecular formula is C19H32N4O4. The van der Waals surface area contributed by atoms with Crippen molar-refractivity contribution in [2.75, 3.05) is 26.7 Å². The first kappa shape index (κ1) is 22.7. The Bertz CT molecular complexity index is 588. The maximum absolute atomic E-state index is 12.9. The third-order valence-corrected chi connectivity index (χ3v) is 4.79. The zero-order valence-electron chi connectivity index (χ0n) is 16.9. The molecule has 1 heterocycles. The Morgan fingerprint density at radius 2 is 1.96 bits per heavy atom. The molecule has 8 heteroatoms. The van der Waals surface area contributed by atoms with Crippen LogP contribution in [0, 0.1) is 5.92 Å². The number of rotatable bonds is 9. The summed E-state index contributed by atoms with van der Waals surface area (Å²) in [7, 11) is 1.65. The number of likely N-dealkylation sites (tertiary alicyclic amines) is 1. The molecule has 0 aliphatic carbocycles. The summed E-state index contributed by atoms with van der Waals surface area (Å²) in [6, 6.07) is -0.727. The van der Waals surface area contributed by atoms with Crippen LogP contribution in [0.2, 0.25) is 0 Å². The van der Waals surface area contributed by atoms with Crippen LogP contribution in [0.1, 0.15) is 40.5 Å². The molecule has 1 aliphatic rings. The van der Waals surface area contributed by atoms with Crippen LogP contribution in [0.25, 0.3) is 0 Å². The number of hydrogen-bond acceptors (Lipinski definition) is 4. The van der Waals surface area contributed by atoms with E-state index in [9.17, 15) is 19.2 Å². The first-order valence-corrected chi connectivity index (χ1v) is 9.44. The minimum atomic E-state index is -0.436. The van der Waals surface area contributed by atoms with E-state index in [-0.39, 0.29) is 36.2 Å². The molecule has 2 N–H and O–H groups in total. The first-order valence-electron chi connectivity index (χ1n) is 9.44. The second-order valence-corrected chi connectivity index (χ2v) is 7.14. The van der Waals surface area contributed by atoms with Gasteiger partial charge in [0.1, 0.15) is 6.04 Å². The minimum absolute atomic E-state index is 0.0793. The number of carbonyl (C=O) groups is 4. The molecule has 27 heavy (non-hydrogen) atoms. The minimum Gasteiger partial charge on any atom is -0.355 e. The highest BCUT2D eigenvalue weighted by molar-refractivity contribution is 5.97. The largest absolute Gasteiger partial charge is 0.355 e. The van der Waals surface area contributed by atoms with E-state index in [2.05, 4.69) is 10.6 Å². The van der Waals surface area contributed by atoms with Gasteiger partial charge < -0.3 is 20.4 Å². The van der Waals surface area contributed by atoms with Crippen molar-refractivity contribution >= 4 is 24.1 Å². The van der Waals surface area contributed by atoms with Gasteiger partial charge >= 0.3 is 0 Å². The van der Waals surface area contributed by atoms with Crippen LogP contribution in [0.4, 0.5) is 0 Å². The van der Waals surface area contributed by atoms with Gasteiger partial charge in [-0.15, -0.1) is 0 Å². The van der Waals surface area contributed by atoms with Crippen molar-refractivity contribution in [3.8, 4) is 0 Å². The molecule has 1 fully saturated rings. The third kappa shape index (κ3) is 6.08. The summed E-state index contributed by atoms with van der Waals surface area (Å²) in [5.74, 6) is -0.459. The molecule has 0 radical (unpaired) electrons. The van der Waals surface area contributed by atoms with E-state index in [0.29, 0.717) is 31.5 Å². The molecule has 4 amide bonds. The molecule has 0 aromatic carbocycles. The van der Waals surface area contributed by atoms with Crippen LogP contribution < -0.4 is 10.6 Å². The lowest BCUT2D eigenvalue weighted by atomic mass is 9.99. The van der Waals surface area contributed by atoms with Gasteiger partial charge in [-0.2, -0.15) is 0 Å². The number of amides is 4. The van der Waals surface area contributed by atoms with E-state index in [1.54, 1.807) is 24.9 Å². The van der Waals surface area contributed by atoms with Crippen molar-refractivity contribution in [3.63, 3.8) is 0 Å². The van der Waals surface area contributed by atoms with Gasteiger partial charge in [0.25, 0.3) is 0 Å². The normalized spacial score (nSPS) is 18.2. The monoisotopic (exact) mass is 380 g/mol. The van der Waals surface area contributed by atoms with Crippen molar-refractivity contribution in [1.29, 1.82) is 0 Å². The maximum Gasteiger partial charge on any atom is 0.249 e. The van der Waals surface area contributed by atoms with Crippen LogP contribution in [-0.4, -0.2) is 72.7 Å². The summed E-state index contributed by atoms with van der Waals surface area (Å²) in [5, 5.41) is 5.14. The molecule has 0 saturated carbocycles. The van der Waals surface area contributed by atoms with Gasteiger partial charge in [0, 0.05) is 25.7 Å². The number of hydrogen-bond donors (Lipinski definition) is 2. The fourth-order valence-corrected chi connectivity index (χ4v) is 3.30. The van der Waals surface area contributed by atoms with E-state index in [1.807, 2.05) is 20.8 Å². The molecule has 2 atom stereocenters. The maximum atomic E-state index is 12.9. The van der Waals surface area contributed by atoms with Gasteiger partial charge in [0.2, 0.25) is 24.1 Å². The van der Waals surface area contributed by atoms with Crippen molar-refractivity contribution in [2.24, 2.45) is 5.92 Å². The topological polar surface area (TPSA) is 98.8 Å². The van der Waals surface area contributed by atoms with Gasteiger partial charge in [-0.1, -0.05) is 19.9 Å². The number of likely N-dealkylation sites (N-methyl/N-ethyl adjacent to an activating group) is 2. The van der Waals surface area contributed by atoms with Crippen LogP contribution >= 0.6 is 0 Å². The molecule has 0 aromatic heterocycles. The van der Waals surface area contributed by atoms with Gasteiger partial charge in [0.05, 0.1) is 12.6 Å². The van der Waals surface area contributed by atoms with Crippen molar-refractivity contribution in [1.82, 2.24) is 20.4 Å². The molecule has 1 aliphatic heterocycles. The summed E-state index contributed by atoms with van der Waals surface area (Å²) in [5.41, 5.74) is 0.507. The lowest BCUT2D eigenvalue weighted by molar-refractivity contribution is -0.135. The van der Waals surface area contributed by atoms with Gasteiger partial charge in [-0.05, 0) is 32.6 Å². The predicted octanol–water partition coefficient (Wildman–Crippen LogP) is 0.289. The average Bonchev–Trinajstić information content (AvgIpc) is 3.12. The Hall–Kier alpha value is -2.38. The summed E-state index contributed by atoms with van der Waals surface area (Å²) < 4.78 is 0. The molecule has 152 valence electrons. The standard InChI is InChI=1S/C19H32N4O4/c1-6-21-18(26)15-8-7-9-23(15)19(27)14(4)10-16(13(2)3)22(5)17(25)11-20-12-24/h10,12-13,15-16H,6-9,11H2,1-5H3,(H,20,24)(H,21,26)/t15-,16+/m0/s1. The van der Waals surface area contributed by atoms with Crippen LogP contribution in [0.15, 0.2) is 11.6 Å². The van der Waals surface area contributed by atoms with E-state index >= 15 is 0 Å². The average molecular weight is 380 g/mol. The fourth-order valence-electron chi connectivity index (χ4n) is 3.30. The van der Waals surface area contributed by atoms with E-state index in [1.165, 1.54) is 4.90 Å². The molecule has 0 bridgehead atoms. The highest BCUT2D eigenvalue weighted by atomic mass is 16.2. The molecule has 8 nitrogen and oxygen atoms in total. The summed E-state index contributed by atoms with van der Waals surface area (Å²) in [4.78, 5) is 50.8. The lowest BCUT2D eigenvalue weighted by Gasteiger charge is -2.30. The Kier molecular flexibility index (Phi) is 8.97. The summed E-state index contributed by atoms with van der Waals surface area (Å²) >= 11 is 0. The smallest absolute Gasteiger partial charge is 0.249 e. The van der Waals surface area contributed by atoms with Crippen molar-refractivity contribution in [2.45, 2.75) is 52.6 Å². The molecule has 0 spiro atoms. The number of nitrogens with zero attached hydrogens (tertiary/aromatic N) is 2. The van der Waals surface area contributed by atoms with Gasteiger partial charge in [-0.25, -0.2) is 0 Å². The highest BCUT2D eigenvalue weighted by Gasteiger charge is 2.34. The zero-order valence-corrected chi connectivity index (χ0v) is 16.9. The van der Waals surface area contributed by atoms with Gasteiger partial charge in [-0.3, -0.25) is 19.2 Å². The quantitative estimate of drug-likeness (QED) is 0.444. The Labute approximate surface area is 161 Å². The Balaban J connectivity index is 2.94. The molecule has 1 saturated heterocycles. The van der Waals surface area contributed by atoms with Crippen LogP contribution in [0.3, 0.4) is 0 Å². The number of nitrogens with one attached hydrogen (secondary N) is 2. The number of carbonyl (C=O) groups excluding carboxylic acids is 4. The summed E-state index contributed by atoms with van der Waals surface area (Å²) in [6.07, 6.45) is 3.72. The summed E-state index contributed by atoms with van der Waals surface area (Å²) in [6.45, 7) is 8.48. The van der Waals surface area contributed by atoms with Crippen molar-refractivity contribution in [3.05, 3.63) is 11.6 Å². The second-order valence-electron chi connectivity index (χ2n) is 7.14. The molecular weight excluding hydrogens is 348 g/mol. The van der Waals surface area contributed by atoms with Gasteiger partial charge in [0.15, 0.2) is 0 Å². The predicted molar refractivity (Wildman–Crippen MR) is 103 cm³/mol. The Morgan fingerprint density at radius 3 is 2.52 bits per heavy atom. The lowest BCUT2D eigenvalue weighted by Crippen LogP contribution is -2.47. The van der Waals surface area contributed by atoms with E-state index < -0.39 is 6.04 Å². The zero-order chi connectivity index (χ0) is 20.6.